The Hall–Kier alpha value is -2.74. The van der Waals surface area contributed by atoms with Gasteiger partial charge in [-0.3, -0.25) is 9.59 Å². The van der Waals surface area contributed by atoms with Crippen LogP contribution in [0.4, 0.5) is 0 Å². The molecule has 2 aromatic rings. The molecule has 1 unspecified atom stereocenters. The Labute approximate surface area is 188 Å². The Balaban J connectivity index is 1.40. The van der Waals surface area contributed by atoms with E-state index >= 15 is 0 Å². The lowest BCUT2D eigenvalue weighted by Gasteiger charge is -2.52. The van der Waals surface area contributed by atoms with E-state index in [2.05, 4.69) is 22.3 Å². The van der Waals surface area contributed by atoms with Crippen molar-refractivity contribution in [3.05, 3.63) is 48.0 Å². The molecule has 32 heavy (non-hydrogen) atoms. The molecule has 0 radical (unpaired) electrons. The van der Waals surface area contributed by atoms with Crippen LogP contribution in [-0.4, -0.2) is 76.3 Å². The van der Waals surface area contributed by atoms with Crippen molar-refractivity contribution in [2.24, 2.45) is 12.5 Å². The summed E-state index contributed by atoms with van der Waals surface area (Å²) in [4.78, 5) is 30.4. The fraction of sp³-hybridized carbons (Fsp3) is 0.583. The molecule has 2 aliphatic heterocycles. The minimum Gasteiger partial charge on any atom is -0.375 e. The van der Waals surface area contributed by atoms with Gasteiger partial charge in [0.1, 0.15) is 18.8 Å². The van der Waals surface area contributed by atoms with E-state index in [9.17, 15) is 9.59 Å². The van der Waals surface area contributed by atoms with Crippen LogP contribution in [0.3, 0.4) is 0 Å². The third kappa shape index (κ3) is 3.23. The lowest BCUT2D eigenvalue weighted by Crippen LogP contribution is -2.64. The Kier molecular flexibility index (Phi) is 5.28. The maximum atomic E-state index is 13.9. The molecular weight excluding hydrogens is 406 g/mol. The Morgan fingerprint density at radius 1 is 1.09 bits per heavy atom. The number of methoxy groups -OCH3 is 1. The van der Waals surface area contributed by atoms with Gasteiger partial charge in [0.15, 0.2) is 0 Å². The van der Waals surface area contributed by atoms with Crippen LogP contribution in [0.5, 0.6) is 0 Å². The SMILES string of the molecule is COCC(=O)N1CC(c2nncn2C)C2(C1)CN(C(=O)C1(c3ccccc3)CCCC1)C2. The summed E-state index contributed by atoms with van der Waals surface area (Å²) >= 11 is 0. The van der Waals surface area contributed by atoms with Gasteiger partial charge in [-0.05, 0) is 18.4 Å². The van der Waals surface area contributed by atoms with Crippen molar-refractivity contribution in [1.82, 2.24) is 24.6 Å². The Morgan fingerprint density at radius 2 is 1.78 bits per heavy atom. The average Bonchev–Trinajstić information content (AvgIpc) is 3.51. The third-order valence-corrected chi connectivity index (χ3v) is 7.82. The van der Waals surface area contributed by atoms with Gasteiger partial charge in [0, 0.05) is 51.7 Å². The van der Waals surface area contributed by atoms with Crippen molar-refractivity contribution < 1.29 is 14.3 Å². The topological polar surface area (TPSA) is 80.6 Å². The number of aryl methyl sites for hydroxylation is 1. The second-order valence-corrected chi connectivity index (χ2v) is 9.74. The minimum absolute atomic E-state index is 0.0159. The molecule has 1 aromatic carbocycles. The van der Waals surface area contributed by atoms with E-state index in [4.69, 9.17) is 4.74 Å². The number of amides is 2. The molecule has 5 rings (SSSR count). The lowest BCUT2D eigenvalue weighted by atomic mass is 9.68. The standard InChI is InChI=1S/C24H31N5O3/c1-27-17-25-26-21(27)19-12-28(20(30)13-32-2)14-23(19)15-29(16-23)22(31)24(10-6-7-11-24)18-8-4-3-5-9-18/h3-5,8-9,17,19H,6-7,10-16H2,1-2H3. The molecule has 0 N–H and O–H groups in total. The van der Waals surface area contributed by atoms with E-state index in [-0.39, 0.29) is 29.8 Å². The summed E-state index contributed by atoms with van der Waals surface area (Å²) in [5.41, 5.74) is 0.542. The van der Waals surface area contributed by atoms with Gasteiger partial charge >= 0.3 is 0 Å². The first kappa shape index (κ1) is 21.1. The fourth-order valence-electron chi connectivity index (χ4n) is 6.18. The van der Waals surface area contributed by atoms with Crippen LogP contribution < -0.4 is 0 Å². The number of rotatable bonds is 5. The first-order valence-electron chi connectivity index (χ1n) is 11.4. The van der Waals surface area contributed by atoms with Gasteiger partial charge in [0.05, 0.1) is 5.41 Å². The van der Waals surface area contributed by atoms with Crippen LogP contribution in [0.25, 0.3) is 0 Å². The maximum Gasteiger partial charge on any atom is 0.248 e. The largest absolute Gasteiger partial charge is 0.375 e. The molecule has 1 spiro atoms. The first-order chi connectivity index (χ1) is 15.5. The first-order valence-corrected chi connectivity index (χ1v) is 11.4. The number of likely N-dealkylation sites (tertiary alicyclic amines) is 2. The molecular formula is C24H31N5O3. The van der Waals surface area contributed by atoms with Gasteiger partial charge in [-0.1, -0.05) is 43.2 Å². The van der Waals surface area contributed by atoms with Crippen LogP contribution in [0.1, 0.15) is 43.0 Å². The number of nitrogens with zero attached hydrogens (tertiary/aromatic N) is 5. The van der Waals surface area contributed by atoms with Gasteiger partial charge in [0.2, 0.25) is 11.8 Å². The van der Waals surface area contributed by atoms with E-state index in [0.29, 0.717) is 26.2 Å². The number of aromatic nitrogens is 3. The highest BCUT2D eigenvalue weighted by Gasteiger charge is 2.60. The van der Waals surface area contributed by atoms with Crippen molar-refractivity contribution in [3.8, 4) is 0 Å². The highest BCUT2D eigenvalue weighted by atomic mass is 16.5. The molecule has 1 aliphatic carbocycles. The number of carbonyl (C=O) groups excluding carboxylic acids is 2. The predicted octanol–water partition coefficient (Wildman–Crippen LogP) is 1.73. The fourth-order valence-corrected chi connectivity index (χ4v) is 6.18. The van der Waals surface area contributed by atoms with Crippen LogP contribution in [0.15, 0.2) is 36.7 Å². The van der Waals surface area contributed by atoms with Crippen LogP contribution in [0, 0.1) is 5.41 Å². The highest BCUT2D eigenvalue weighted by molar-refractivity contribution is 5.89. The molecule has 1 aromatic heterocycles. The molecule has 1 atom stereocenters. The summed E-state index contributed by atoms with van der Waals surface area (Å²) in [6, 6.07) is 10.3. The normalized spacial score (nSPS) is 23.5. The maximum absolute atomic E-state index is 13.9. The van der Waals surface area contributed by atoms with Crippen molar-refractivity contribution in [2.75, 3.05) is 39.9 Å². The minimum atomic E-state index is -0.409. The zero-order valence-electron chi connectivity index (χ0n) is 18.9. The molecule has 170 valence electrons. The zero-order chi connectivity index (χ0) is 22.3. The number of hydrogen-bond acceptors (Lipinski definition) is 5. The number of hydrogen-bond donors (Lipinski definition) is 0. The molecule has 0 bridgehead atoms. The van der Waals surface area contributed by atoms with Crippen LogP contribution in [0.2, 0.25) is 0 Å². The molecule has 8 heteroatoms. The van der Waals surface area contributed by atoms with Gasteiger partial charge in [-0.15, -0.1) is 10.2 Å². The average molecular weight is 438 g/mol. The van der Waals surface area contributed by atoms with E-state index in [1.54, 1.807) is 6.33 Å². The smallest absolute Gasteiger partial charge is 0.248 e. The van der Waals surface area contributed by atoms with Crippen molar-refractivity contribution >= 4 is 11.8 Å². The summed E-state index contributed by atoms with van der Waals surface area (Å²) in [7, 11) is 3.48. The van der Waals surface area contributed by atoms with Crippen LogP contribution >= 0.6 is 0 Å². The van der Waals surface area contributed by atoms with E-state index in [1.165, 1.54) is 7.11 Å². The van der Waals surface area contributed by atoms with E-state index in [1.807, 2.05) is 39.6 Å². The quantitative estimate of drug-likeness (QED) is 0.712. The van der Waals surface area contributed by atoms with Crippen LogP contribution in [-0.2, 0) is 26.8 Å². The zero-order valence-corrected chi connectivity index (χ0v) is 18.9. The summed E-state index contributed by atoms with van der Waals surface area (Å²) in [5, 5.41) is 8.43. The summed E-state index contributed by atoms with van der Waals surface area (Å²) in [6.07, 6.45) is 5.68. The molecule has 2 saturated heterocycles. The molecule has 2 amide bonds. The van der Waals surface area contributed by atoms with Crippen molar-refractivity contribution in [1.29, 1.82) is 0 Å². The number of carbonyl (C=O) groups is 2. The Bertz CT molecular complexity index is 992. The summed E-state index contributed by atoms with van der Waals surface area (Å²) in [5.74, 6) is 1.16. The number of benzene rings is 1. The Morgan fingerprint density at radius 3 is 2.41 bits per heavy atom. The van der Waals surface area contributed by atoms with Gasteiger partial charge in [-0.25, -0.2) is 0 Å². The van der Waals surface area contributed by atoms with Gasteiger partial charge in [-0.2, -0.15) is 0 Å². The van der Waals surface area contributed by atoms with Gasteiger partial charge in [0.25, 0.3) is 0 Å². The second-order valence-electron chi connectivity index (χ2n) is 9.74. The van der Waals surface area contributed by atoms with E-state index in [0.717, 1.165) is 37.1 Å². The monoisotopic (exact) mass is 437 g/mol. The molecule has 3 heterocycles. The van der Waals surface area contributed by atoms with E-state index < -0.39 is 5.41 Å². The molecule has 3 fully saturated rings. The molecule has 8 nitrogen and oxygen atoms in total. The molecule has 3 aliphatic rings. The highest BCUT2D eigenvalue weighted by Crippen LogP contribution is 2.51. The second kappa shape index (κ2) is 7.99. The predicted molar refractivity (Wildman–Crippen MR) is 118 cm³/mol. The van der Waals surface area contributed by atoms with Crippen molar-refractivity contribution in [3.63, 3.8) is 0 Å². The third-order valence-electron chi connectivity index (χ3n) is 7.82. The summed E-state index contributed by atoms with van der Waals surface area (Å²) in [6.45, 7) is 2.57. The molecule has 1 saturated carbocycles. The van der Waals surface area contributed by atoms with Crippen molar-refractivity contribution in [2.45, 2.75) is 37.0 Å². The lowest BCUT2D eigenvalue weighted by molar-refractivity contribution is -0.150. The summed E-state index contributed by atoms with van der Waals surface area (Å²) < 4.78 is 7.02. The number of ether oxygens (including phenoxy) is 1. The van der Waals surface area contributed by atoms with Gasteiger partial charge < -0.3 is 19.1 Å².